The van der Waals surface area contributed by atoms with Crippen molar-refractivity contribution >= 4 is 39.8 Å². The Hall–Kier alpha value is -4.21. The first kappa shape index (κ1) is 25.4. The zero-order chi connectivity index (χ0) is 26.2. The first-order valence-corrected chi connectivity index (χ1v) is 13.5. The summed E-state index contributed by atoms with van der Waals surface area (Å²) in [4.78, 5) is 12.5. The number of nitrogens with zero attached hydrogens (tertiary/aromatic N) is 4. The molecule has 5 rings (SSSR count). The number of hydrogen-bond donors (Lipinski definition) is 1. The highest BCUT2D eigenvalue weighted by molar-refractivity contribution is 9.10. The number of halogens is 1. The lowest BCUT2D eigenvalue weighted by molar-refractivity contribution is -0.118. The summed E-state index contributed by atoms with van der Waals surface area (Å²) in [6, 6.07) is 34.7. The van der Waals surface area contributed by atoms with Crippen LogP contribution in [-0.2, 0) is 4.79 Å². The van der Waals surface area contributed by atoms with Crippen LogP contribution in [0.15, 0.2) is 124 Å². The fraction of sp³-hybridized carbons (Fsp3) is 0.0345. The summed E-state index contributed by atoms with van der Waals surface area (Å²) >= 11 is 4.76. The van der Waals surface area contributed by atoms with Crippen LogP contribution in [0, 0.1) is 0 Å². The number of carbonyl (C=O) groups excluding carboxylic acids is 1. The maximum absolute atomic E-state index is 12.5. The van der Waals surface area contributed by atoms with Crippen LogP contribution in [0.25, 0.3) is 17.1 Å². The van der Waals surface area contributed by atoms with E-state index in [1.165, 1.54) is 11.8 Å². The average Bonchev–Trinajstić information content (AvgIpc) is 3.37. The fourth-order valence-electron chi connectivity index (χ4n) is 3.58. The van der Waals surface area contributed by atoms with Crippen molar-refractivity contribution < 1.29 is 9.53 Å². The molecule has 0 aliphatic carbocycles. The quantitative estimate of drug-likeness (QED) is 0.118. The molecule has 1 heterocycles. The molecule has 0 aliphatic heterocycles. The van der Waals surface area contributed by atoms with E-state index in [0.717, 1.165) is 27.0 Å². The molecule has 5 aromatic rings. The number of carbonyl (C=O) groups is 1. The molecule has 0 fully saturated rings. The summed E-state index contributed by atoms with van der Waals surface area (Å²) in [5.74, 6) is 2.00. The van der Waals surface area contributed by atoms with Gasteiger partial charge < -0.3 is 4.74 Å². The SMILES string of the molecule is O=C(CSc1nnc(-c2ccc(Br)cc2)n1-c1ccccc1)NN=Cc1cccc(Oc2ccccc2)c1. The van der Waals surface area contributed by atoms with Crippen molar-refractivity contribution in [2.24, 2.45) is 5.10 Å². The highest BCUT2D eigenvalue weighted by atomic mass is 79.9. The Balaban J connectivity index is 1.24. The molecule has 0 saturated carbocycles. The molecule has 0 bridgehead atoms. The van der Waals surface area contributed by atoms with Crippen LogP contribution in [-0.4, -0.2) is 32.6 Å². The third kappa shape index (κ3) is 6.56. The molecule has 188 valence electrons. The highest BCUT2D eigenvalue weighted by Crippen LogP contribution is 2.28. The van der Waals surface area contributed by atoms with Crippen molar-refractivity contribution in [3.63, 3.8) is 0 Å². The van der Waals surface area contributed by atoms with Crippen LogP contribution in [0.2, 0.25) is 0 Å². The van der Waals surface area contributed by atoms with Crippen molar-refractivity contribution in [2.45, 2.75) is 5.16 Å². The molecule has 0 spiro atoms. The van der Waals surface area contributed by atoms with Gasteiger partial charge in [0.05, 0.1) is 12.0 Å². The molecule has 9 heteroatoms. The number of aromatic nitrogens is 3. The van der Waals surface area contributed by atoms with Crippen molar-refractivity contribution in [1.82, 2.24) is 20.2 Å². The monoisotopic (exact) mass is 583 g/mol. The molecule has 0 saturated heterocycles. The largest absolute Gasteiger partial charge is 0.457 e. The predicted octanol–water partition coefficient (Wildman–Crippen LogP) is 6.73. The Morgan fingerprint density at radius 1 is 0.895 bits per heavy atom. The number of ether oxygens (including phenoxy) is 1. The maximum atomic E-state index is 12.5. The number of para-hydroxylation sites is 2. The number of hydrogen-bond acceptors (Lipinski definition) is 6. The number of thioether (sulfide) groups is 1. The first-order valence-electron chi connectivity index (χ1n) is 11.7. The smallest absolute Gasteiger partial charge is 0.250 e. The van der Waals surface area contributed by atoms with Crippen LogP contribution in [0.3, 0.4) is 0 Å². The first-order chi connectivity index (χ1) is 18.7. The van der Waals surface area contributed by atoms with E-state index in [2.05, 4.69) is 36.7 Å². The topological polar surface area (TPSA) is 81.4 Å². The van der Waals surface area contributed by atoms with Crippen molar-refractivity contribution in [1.29, 1.82) is 0 Å². The minimum absolute atomic E-state index is 0.125. The van der Waals surface area contributed by atoms with Gasteiger partial charge in [-0.3, -0.25) is 9.36 Å². The van der Waals surface area contributed by atoms with Crippen molar-refractivity contribution in [2.75, 3.05) is 5.75 Å². The second-order valence-corrected chi connectivity index (χ2v) is 9.91. The molecule has 0 atom stereocenters. The molecule has 38 heavy (non-hydrogen) atoms. The van der Waals surface area contributed by atoms with Gasteiger partial charge in [-0.1, -0.05) is 88.4 Å². The minimum atomic E-state index is -0.254. The molecule has 0 radical (unpaired) electrons. The van der Waals surface area contributed by atoms with E-state index in [9.17, 15) is 4.79 Å². The summed E-state index contributed by atoms with van der Waals surface area (Å²) in [5, 5.41) is 13.5. The van der Waals surface area contributed by atoms with E-state index in [-0.39, 0.29) is 11.7 Å². The van der Waals surface area contributed by atoms with E-state index in [0.29, 0.717) is 16.7 Å². The molecular formula is C29H22BrN5O2S. The number of benzene rings is 4. The Bertz CT molecular complexity index is 1540. The van der Waals surface area contributed by atoms with Crippen LogP contribution in [0.5, 0.6) is 11.5 Å². The predicted molar refractivity (Wildman–Crippen MR) is 154 cm³/mol. The number of amides is 1. The standard InChI is InChI=1S/C29H22BrN5O2S/c30-23-16-14-22(15-17-23)28-33-34-29(35(28)24-9-3-1-4-10-24)38-20-27(36)32-31-19-21-8-7-13-26(18-21)37-25-11-5-2-6-12-25/h1-19H,20H2,(H,32,36). The van der Waals surface area contributed by atoms with Gasteiger partial charge in [-0.15, -0.1) is 10.2 Å². The minimum Gasteiger partial charge on any atom is -0.457 e. The second kappa shape index (κ2) is 12.4. The molecule has 1 aromatic heterocycles. The molecule has 4 aromatic carbocycles. The van der Waals surface area contributed by atoms with E-state index >= 15 is 0 Å². The van der Waals surface area contributed by atoms with Gasteiger partial charge in [0.1, 0.15) is 11.5 Å². The van der Waals surface area contributed by atoms with Gasteiger partial charge in [-0.05, 0) is 54.1 Å². The summed E-state index contributed by atoms with van der Waals surface area (Å²) in [6.07, 6.45) is 1.58. The lowest BCUT2D eigenvalue weighted by Gasteiger charge is -2.10. The summed E-state index contributed by atoms with van der Waals surface area (Å²) in [5.41, 5.74) is 5.21. The lowest BCUT2D eigenvalue weighted by Crippen LogP contribution is -2.20. The van der Waals surface area contributed by atoms with Crippen molar-refractivity contribution in [3.05, 3.63) is 119 Å². The van der Waals surface area contributed by atoms with Crippen LogP contribution >= 0.6 is 27.7 Å². The third-order valence-corrected chi connectivity index (χ3v) is 6.78. The second-order valence-electron chi connectivity index (χ2n) is 8.05. The lowest BCUT2D eigenvalue weighted by atomic mass is 10.2. The Labute approximate surface area is 232 Å². The zero-order valence-electron chi connectivity index (χ0n) is 20.1. The number of rotatable bonds is 9. The van der Waals surface area contributed by atoms with Crippen LogP contribution in [0.4, 0.5) is 0 Å². The van der Waals surface area contributed by atoms with E-state index < -0.39 is 0 Å². The Morgan fingerprint density at radius 3 is 2.37 bits per heavy atom. The number of hydrazone groups is 1. The molecule has 1 amide bonds. The average molecular weight is 584 g/mol. The highest BCUT2D eigenvalue weighted by Gasteiger charge is 2.17. The fourth-order valence-corrected chi connectivity index (χ4v) is 4.59. The Morgan fingerprint density at radius 2 is 1.61 bits per heavy atom. The summed E-state index contributed by atoms with van der Waals surface area (Å²) < 4.78 is 8.78. The van der Waals surface area contributed by atoms with Gasteiger partial charge in [-0.25, -0.2) is 5.43 Å². The summed E-state index contributed by atoms with van der Waals surface area (Å²) in [6.45, 7) is 0. The van der Waals surface area contributed by atoms with Gasteiger partial charge in [0.15, 0.2) is 11.0 Å². The third-order valence-electron chi connectivity index (χ3n) is 5.32. The molecule has 7 nitrogen and oxygen atoms in total. The number of nitrogens with one attached hydrogen (secondary N) is 1. The zero-order valence-corrected chi connectivity index (χ0v) is 22.5. The van der Waals surface area contributed by atoms with Gasteiger partial charge >= 0.3 is 0 Å². The molecule has 1 N–H and O–H groups in total. The normalized spacial score (nSPS) is 11.0. The maximum Gasteiger partial charge on any atom is 0.250 e. The van der Waals surface area contributed by atoms with Crippen molar-refractivity contribution in [3.8, 4) is 28.6 Å². The van der Waals surface area contributed by atoms with E-state index in [1.807, 2.05) is 114 Å². The van der Waals surface area contributed by atoms with Gasteiger partial charge in [-0.2, -0.15) is 5.10 Å². The van der Waals surface area contributed by atoms with Gasteiger partial charge in [0, 0.05) is 15.7 Å². The molecular weight excluding hydrogens is 562 g/mol. The Kier molecular flexibility index (Phi) is 8.27. The molecule has 0 unspecified atom stereocenters. The van der Waals surface area contributed by atoms with Crippen LogP contribution in [0.1, 0.15) is 5.56 Å². The summed E-state index contributed by atoms with van der Waals surface area (Å²) in [7, 11) is 0. The van der Waals surface area contributed by atoms with E-state index in [1.54, 1.807) is 6.21 Å². The van der Waals surface area contributed by atoms with Crippen LogP contribution < -0.4 is 10.2 Å². The molecule has 0 aliphatic rings. The van der Waals surface area contributed by atoms with Gasteiger partial charge in [0.25, 0.3) is 5.91 Å². The van der Waals surface area contributed by atoms with E-state index in [4.69, 9.17) is 4.74 Å². The van der Waals surface area contributed by atoms with Gasteiger partial charge in [0.2, 0.25) is 0 Å².